The molecule has 0 saturated heterocycles. The summed E-state index contributed by atoms with van der Waals surface area (Å²) >= 11 is 0. The molecular weight excluding hydrogens is 434 g/mol. The molecule has 0 aliphatic carbocycles. The summed E-state index contributed by atoms with van der Waals surface area (Å²) in [5.74, 6) is 0.123. The number of carbonyl (C=O) groups is 1. The number of benzene rings is 3. The van der Waals surface area contributed by atoms with Crippen LogP contribution in [0.25, 0.3) is 0 Å². The molecule has 3 aromatic rings. The van der Waals surface area contributed by atoms with Crippen molar-refractivity contribution >= 4 is 21.7 Å². The Bertz CT molecular complexity index is 1220. The highest BCUT2D eigenvalue weighted by Crippen LogP contribution is 2.39. The van der Waals surface area contributed by atoms with E-state index in [1.807, 2.05) is 79.7 Å². The van der Waals surface area contributed by atoms with Crippen LogP contribution in [0.5, 0.6) is 0 Å². The predicted molar refractivity (Wildman–Crippen MR) is 130 cm³/mol. The molecule has 0 fully saturated rings. The van der Waals surface area contributed by atoms with Gasteiger partial charge in [-0.3, -0.25) is 9.69 Å². The van der Waals surface area contributed by atoms with Crippen molar-refractivity contribution in [1.82, 2.24) is 4.90 Å². The van der Waals surface area contributed by atoms with Crippen molar-refractivity contribution in [2.75, 3.05) is 5.75 Å². The van der Waals surface area contributed by atoms with Crippen LogP contribution in [0.4, 0.5) is 0 Å². The molecule has 1 aliphatic rings. The summed E-state index contributed by atoms with van der Waals surface area (Å²) in [6.07, 6.45) is 0.598. The number of sulfone groups is 1. The summed E-state index contributed by atoms with van der Waals surface area (Å²) in [6, 6.07) is 26.1. The molecule has 0 atom stereocenters. The first-order valence-corrected chi connectivity index (χ1v) is 12.7. The highest BCUT2D eigenvalue weighted by molar-refractivity contribution is 7.90. The highest BCUT2D eigenvalue weighted by Gasteiger charge is 2.50. The van der Waals surface area contributed by atoms with Crippen molar-refractivity contribution < 1.29 is 13.2 Å². The zero-order chi connectivity index (χ0) is 23.5. The maximum atomic E-state index is 13.8. The molecule has 6 nitrogen and oxygen atoms in total. The minimum atomic E-state index is -3.12. The van der Waals surface area contributed by atoms with E-state index in [9.17, 15) is 13.2 Å². The Hall–Kier alpha value is -3.45. The van der Waals surface area contributed by atoms with Crippen molar-refractivity contribution in [3.8, 4) is 0 Å². The van der Waals surface area contributed by atoms with Crippen molar-refractivity contribution in [2.45, 2.75) is 31.2 Å². The van der Waals surface area contributed by atoms with Crippen LogP contribution in [-0.4, -0.2) is 30.9 Å². The molecule has 3 aromatic carbocycles. The van der Waals surface area contributed by atoms with Crippen molar-refractivity contribution in [3.63, 3.8) is 0 Å². The van der Waals surface area contributed by atoms with Crippen molar-refractivity contribution in [1.29, 1.82) is 0 Å². The zero-order valence-corrected chi connectivity index (χ0v) is 19.3. The van der Waals surface area contributed by atoms with Crippen LogP contribution in [0, 0.1) is 0 Å². The number of aliphatic imine (C=N–C) groups is 1. The summed E-state index contributed by atoms with van der Waals surface area (Å²) in [4.78, 5) is 20.0. The Morgan fingerprint density at radius 3 is 1.88 bits per heavy atom. The second kappa shape index (κ2) is 9.19. The van der Waals surface area contributed by atoms with E-state index in [2.05, 4.69) is 0 Å². The lowest BCUT2D eigenvalue weighted by atomic mass is 9.83. The molecule has 0 spiro atoms. The van der Waals surface area contributed by atoms with Gasteiger partial charge in [-0.05, 0) is 28.7 Å². The predicted octanol–water partition coefficient (Wildman–Crippen LogP) is 3.61. The van der Waals surface area contributed by atoms with Gasteiger partial charge in [0.05, 0.1) is 18.1 Å². The maximum Gasteiger partial charge on any atom is 0.266 e. The molecule has 0 saturated carbocycles. The minimum absolute atomic E-state index is 0.0124. The van der Waals surface area contributed by atoms with Gasteiger partial charge < -0.3 is 5.73 Å². The van der Waals surface area contributed by atoms with Gasteiger partial charge in [0.1, 0.15) is 0 Å². The maximum absolute atomic E-state index is 13.8. The van der Waals surface area contributed by atoms with E-state index in [1.165, 1.54) is 4.90 Å². The number of hydrogen-bond donors (Lipinski definition) is 1. The second-order valence-electron chi connectivity index (χ2n) is 8.21. The van der Waals surface area contributed by atoms with E-state index in [-0.39, 0.29) is 29.9 Å². The summed E-state index contributed by atoms with van der Waals surface area (Å²) in [6.45, 7) is 2.10. The molecule has 1 heterocycles. The van der Waals surface area contributed by atoms with Crippen LogP contribution < -0.4 is 5.73 Å². The Balaban J connectivity index is 1.62. The first kappa shape index (κ1) is 22.7. The van der Waals surface area contributed by atoms with Gasteiger partial charge >= 0.3 is 0 Å². The van der Waals surface area contributed by atoms with Crippen LogP contribution in [0.2, 0.25) is 0 Å². The molecule has 1 aliphatic heterocycles. The number of carbonyl (C=O) groups excluding carboxylic acids is 1. The largest absolute Gasteiger partial charge is 0.369 e. The lowest BCUT2D eigenvalue weighted by molar-refractivity contribution is -0.130. The van der Waals surface area contributed by atoms with Gasteiger partial charge in [0, 0.05) is 0 Å². The Kier molecular flexibility index (Phi) is 6.33. The summed E-state index contributed by atoms with van der Waals surface area (Å²) in [5, 5.41) is 0. The van der Waals surface area contributed by atoms with Crippen LogP contribution in [-0.2, 0) is 32.5 Å². The first-order chi connectivity index (χ1) is 15.9. The van der Waals surface area contributed by atoms with E-state index in [0.29, 0.717) is 6.42 Å². The summed E-state index contributed by atoms with van der Waals surface area (Å²) in [7, 11) is -3.12. The third-order valence-corrected chi connectivity index (χ3v) is 7.57. The molecule has 0 bridgehead atoms. The fraction of sp³-hybridized carbons (Fsp3) is 0.231. The van der Waals surface area contributed by atoms with E-state index >= 15 is 0 Å². The zero-order valence-electron chi connectivity index (χ0n) is 18.5. The van der Waals surface area contributed by atoms with Gasteiger partial charge in [-0.25, -0.2) is 13.4 Å². The van der Waals surface area contributed by atoms with Crippen LogP contribution in [0.15, 0.2) is 89.9 Å². The molecule has 170 valence electrons. The third-order valence-electron chi connectivity index (χ3n) is 5.76. The smallest absolute Gasteiger partial charge is 0.266 e. The fourth-order valence-corrected chi connectivity index (χ4v) is 5.66. The normalized spacial score (nSPS) is 15.5. The molecule has 0 aromatic heterocycles. The molecule has 33 heavy (non-hydrogen) atoms. The SMILES string of the molecule is CCCS(=O)(=O)Cc1ccc(CN2C(=O)C(c3ccccc3)(c3ccccc3)N=C2N)cc1. The molecule has 0 radical (unpaired) electrons. The number of rotatable bonds is 8. The lowest BCUT2D eigenvalue weighted by Gasteiger charge is -2.27. The Morgan fingerprint density at radius 1 is 0.848 bits per heavy atom. The van der Waals surface area contributed by atoms with E-state index in [0.717, 1.165) is 22.3 Å². The number of nitrogens with two attached hydrogens (primary N) is 1. The molecule has 7 heteroatoms. The minimum Gasteiger partial charge on any atom is -0.369 e. The molecule has 0 unspecified atom stereocenters. The van der Waals surface area contributed by atoms with E-state index in [1.54, 1.807) is 12.1 Å². The van der Waals surface area contributed by atoms with Gasteiger partial charge in [0.15, 0.2) is 21.3 Å². The average molecular weight is 462 g/mol. The van der Waals surface area contributed by atoms with Crippen LogP contribution >= 0.6 is 0 Å². The first-order valence-electron chi connectivity index (χ1n) is 10.9. The van der Waals surface area contributed by atoms with Crippen LogP contribution in [0.1, 0.15) is 35.6 Å². The van der Waals surface area contributed by atoms with Crippen LogP contribution in [0.3, 0.4) is 0 Å². The fourth-order valence-electron chi connectivity index (χ4n) is 4.19. The van der Waals surface area contributed by atoms with Crippen molar-refractivity contribution in [3.05, 3.63) is 107 Å². The summed E-state index contributed by atoms with van der Waals surface area (Å²) < 4.78 is 24.2. The Labute approximate surface area is 194 Å². The number of guanidine groups is 1. The quantitative estimate of drug-likeness (QED) is 0.555. The van der Waals surface area contributed by atoms with Gasteiger partial charge in [0.25, 0.3) is 5.91 Å². The van der Waals surface area contributed by atoms with Gasteiger partial charge in [-0.1, -0.05) is 91.9 Å². The average Bonchev–Trinajstić information content (AvgIpc) is 3.07. The second-order valence-corrected chi connectivity index (χ2v) is 10.4. The highest BCUT2D eigenvalue weighted by atomic mass is 32.2. The van der Waals surface area contributed by atoms with Gasteiger partial charge in [0.2, 0.25) is 0 Å². The molecule has 4 rings (SSSR count). The third kappa shape index (κ3) is 4.54. The number of hydrogen-bond acceptors (Lipinski definition) is 5. The van der Waals surface area contributed by atoms with E-state index in [4.69, 9.17) is 10.7 Å². The topological polar surface area (TPSA) is 92.8 Å². The monoisotopic (exact) mass is 461 g/mol. The standard InChI is InChI=1S/C26H27N3O3S/c1-2-17-33(31,32)19-21-15-13-20(14-16-21)18-29-24(30)26(28-25(29)27,22-9-5-3-6-10-22)23-11-7-4-8-12-23/h3-16H,2,17-19H2,1H3,(H2,27,28). The van der Waals surface area contributed by atoms with E-state index < -0.39 is 15.4 Å². The number of amides is 1. The lowest BCUT2D eigenvalue weighted by Crippen LogP contribution is -2.43. The Morgan fingerprint density at radius 2 is 1.36 bits per heavy atom. The van der Waals surface area contributed by atoms with Crippen molar-refractivity contribution in [2.24, 2.45) is 10.7 Å². The molecular formula is C26H27N3O3S. The molecule has 2 N–H and O–H groups in total. The molecule has 1 amide bonds. The van der Waals surface area contributed by atoms with Gasteiger partial charge in [-0.2, -0.15) is 0 Å². The van der Waals surface area contributed by atoms with Gasteiger partial charge in [-0.15, -0.1) is 0 Å². The summed E-state index contributed by atoms with van der Waals surface area (Å²) in [5.41, 5.74) is 8.13. The number of nitrogens with zero attached hydrogens (tertiary/aromatic N) is 2.